The van der Waals surface area contributed by atoms with Crippen molar-refractivity contribution >= 4 is 11.3 Å². The predicted octanol–water partition coefficient (Wildman–Crippen LogP) is 3.57. The van der Waals surface area contributed by atoms with Crippen molar-refractivity contribution < 1.29 is 0 Å². The van der Waals surface area contributed by atoms with Crippen molar-refractivity contribution in [1.29, 1.82) is 0 Å². The van der Waals surface area contributed by atoms with Crippen molar-refractivity contribution in [2.24, 2.45) is 11.7 Å². The first-order chi connectivity index (χ1) is 8.45. The van der Waals surface area contributed by atoms with E-state index in [9.17, 15) is 0 Å². The molecule has 0 aliphatic heterocycles. The van der Waals surface area contributed by atoms with Gasteiger partial charge in [0, 0.05) is 15.3 Å². The van der Waals surface area contributed by atoms with Crippen LogP contribution in [0.15, 0.2) is 12.1 Å². The molecular weight excluding hydrogens is 240 g/mol. The molecule has 1 aliphatic carbocycles. The molecule has 1 unspecified atom stereocenters. The maximum atomic E-state index is 6.63. The highest BCUT2D eigenvalue weighted by molar-refractivity contribution is 7.12. The third-order valence-electron chi connectivity index (χ3n) is 4.68. The van der Waals surface area contributed by atoms with Gasteiger partial charge in [-0.25, -0.2) is 0 Å². The molecule has 0 spiro atoms. The van der Waals surface area contributed by atoms with E-state index in [0.29, 0.717) is 0 Å². The first-order valence-electron chi connectivity index (χ1n) is 6.95. The van der Waals surface area contributed by atoms with Gasteiger partial charge in [-0.2, -0.15) is 0 Å². The van der Waals surface area contributed by atoms with Crippen molar-refractivity contribution in [1.82, 2.24) is 4.90 Å². The quantitative estimate of drug-likeness (QED) is 0.906. The number of likely N-dealkylation sites (N-methyl/N-ethyl adjacent to an activating group) is 1. The van der Waals surface area contributed by atoms with Gasteiger partial charge in [0.15, 0.2) is 0 Å². The summed E-state index contributed by atoms with van der Waals surface area (Å²) in [6.45, 7) is 4.52. The van der Waals surface area contributed by atoms with E-state index in [4.69, 9.17) is 5.73 Å². The molecule has 0 amide bonds. The Hall–Kier alpha value is -0.380. The highest BCUT2D eigenvalue weighted by Gasteiger charge is 2.42. The molecule has 1 atom stereocenters. The van der Waals surface area contributed by atoms with Crippen molar-refractivity contribution in [3.8, 4) is 0 Å². The average Bonchev–Trinajstić information content (AvgIpc) is 2.76. The Morgan fingerprint density at radius 2 is 1.94 bits per heavy atom. The third kappa shape index (κ3) is 2.49. The van der Waals surface area contributed by atoms with E-state index < -0.39 is 0 Å². The molecule has 18 heavy (non-hydrogen) atoms. The Morgan fingerprint density at radius 3 is 2.39 bits per heavy atom. The van der Waals surface area contributed by atoms with Gasteiger partial charge in [-0.05, 0) is 64.8 Å². The van der Waals surface area contributed by atoms with Gasteiger partial charge in [0.05, 0.1) is 6.04 Å². The Labute approximate surface area is 115 Å². The van der Waals surface area contributed by atoms with Crippen LogP contribution < -0.4 is 5.73 Å². The Kier molecular flexibility index (Phi) is 4.15. The molecule has 0 radical (unpaired) electrons. The number of thiophene rings is 1. The van der Waals surface area contributed by atoms with Crippen LogP contribution in [0.1, 0.15) is 48.4 Å². The minimum absolute atomic E-state index is 0.152. The van der Waals surface area contributed by atoms with E-state index in [1.165, 1.54) is 35.4 Å². The zero-order chi connectivity index (χ0) is 13.3. The van der Waals surface area contributed by atoms with E-state index in [2.05, 4.69) is 45.0 Å². The summed E-state index contributed by atoms with van der Waals surface area (Å²) in [5, 5.41) is 0. The van der Waals surface area contributed by atoms with Gasteiger partial charge in [-0.15, -0.1) is 11.3 Å². The monoisotopic (exact) mass is 266 g/mol. The van der Waals surface area contributed by atoms with Crippen LogP contribution in [0.25, 0.3) is 0 Å². The predicted molar refractivity (Wildman–Crippen MR) is 80.0 cm³/mol. The Morgan fingerprint density at radius 1 is 1.33 bits per heavy atom. The number of nitrogens with two attached hydrogens (primary N) is 1. The number of rotatable bonds is 3. The molecule has 1 fully saturated rings. The maximum absolute atomic E-state index is 6.63. The molecular formula is C15H26N2S. The van der Waals surface area contributed by atoms with E-state index in [0.717, 1.165) is 5.92 Å². The van der Waals surface area contributed by atoms with Gasteiger partial charge in [0.1, 0.15) is 0 Å². The summed E-state index contributed by atoms with van der Waals surface area (Å²) in [4.78, 5) is 5.08. The van der Waals surface area contributed by atoms with Crippen molar-refractivity contribution in [3.05, 3.63) is 21.9 Å². The second kappa shape index (κ2) is 5.32. The normalized spacial score (nSPS) is 30.7. The molecule has 0 saturated heterocycles. The van der Waals surface area contributed by atoms with Crippen LogP contribution in [0.2, 0.25) is 0 Å². The fraction of sp³-hybridized carbons (Fsp3) is 0.733. The van der Waals surface area contributed by atoms with Crippen molar-refractivity contribution in [2.75, 3.05) is 14.1 Å². The number of aryl methyl sites for hydroxylation is 1. The van der Waals surface area contributed by atoms with Gasteiger partial charge in [-0.3, -0.25) is 0 Å². The summed E-state index contributed by atoms with van der Waals surface area (Å²) in [6.07, 6.45) is 5.05. The van der Waals surface area contributed by atoms with Gasteiger partial charge in [-0.1, -0.05) is 6.92 Å². The number of hydrogen-bond donors (Lipinski definition) is 1. The molecule has 1 aromatic rings. The summed E-state index contributed by atoms with van der Waals surface area (Å²) in [6, 6.07) is 4.56. The van der Waals surface area contributed by atoms with Gasteiger partial charge >= 0.3 is 0 Å². The van der Waals surface area contributed by atoms with E-state index in [1.54, 1.807) is 0 Å². The minimum Gasteiger partial charge on any atom is -0.322 e. The molecule has 2 nitrogen and oxygen atoms in total. The lowest BCUT2D eigenvalue weighted by atomic mass is 9.72. The molecule has 1 aliphatic rings. The minimum atomic E-state index is 0.152. The second-order valence-corrected chi connectivity index (χ2v) is 7.43. The largest absolute Gasteiger partial charge is 0.322 e. The summed E-state index contributed by atoms with van der Waals surface area (Å²) < 4.78 is 0. The van der Waals surface area contributed by atoms with Crippen molar-refractivity contribution in [3.63, 3.8) is 0 Å². The molecule has 2 N–H and O–H groups in total. The average molecular weight is 266 g/mol. The van der Waals surface area contributed by atoms with Crippen LogP contribution in [0.5, 0.6) is 0 Å². The summed E-state index contributed by atoms with van der Waals surface area (Å²) in [5.74, 6) is 0.857. The molecule has 1 aromatic heterocycles. The Balaban J connectivity index is 2.25. The van der Waals surface area contributed by atoms with Gasteiger partial charge in [0.25, 0.3) is 0 Å². The zero-order valence-corrected chi connectivity index (χ0v) is 12.9. The lowest BCUT2D eigenvalue weighted by molar-refractivity contribution is 0.0575. The Bertz CT molecular complexity index is 389. The van der Waals surface area contributed by atoms with Crippen LogP contribution >= 0.6 is 11.3 Å². The number of nitrogens with zero attached hydrogens (tertiary/aromatic N) is 1. The smallest absolute Gasteiger partial charge is 0.0576 e. The lowest BCUT2D eigenvalue weighted by Crippen LogP contribution is -2.54. The fourth-order valence-corrected chi connectivity index (χ4v) is 4.17. The maximum Gasteiger partial charge on any atom is 0.0576 e. The topological polar surface area (TPSA) is 29.3 Å². The first kappa shape index (κ1) is 14.0. The zero-order valence-electron chi connectivity index (χ0n) is 12.1. The third-order valence-corrected chi connectivity index (χ3v) is 5.76. The van der Waals surface area contributed by atoms with E-state index in [-0.39, 0.29) is 11.6 Å². The summed E-state index contributed by atoms with van der Waals surface area (Å²) in [7, 11) is 4.38. The standard InChI is InChI=1S/C15H26N2S/c1-11-7-9-15(10-8-11,17(3)4)14(16)13-6-5-12(2)18-13/h5-6,11,14H,7-10,16H2,1-4H3. The highest BCUT2D eigenvalue weighted by Crippen LogP contribution is 2.43. The first-order valence-corrected chi connectivity index (χ1v) is 7.77. The van der Waals surface area contributed by atoms with Crippen LogP contribution in [-0.4, -0.2) is 24.5 Å². The highest BCUT2D eigenvalue weighted by atomic mass is 32.1. The molecule has 1 saturated carbocycles. The fourth-order valence-electron chi connectivity index (χ4n) is 3.18. The summed E-state index contributed by atoms with van der Waals surface area (Å²) >= 11 is 1.85. The molecule has 1 heterocycles. The molecule has 3 heteroatoms. The van der Waals surface area contributed by atoms with Crippen LogP contribution in [0.4, 0.5) is 0 Å². The van der Waals surface area contributed by atoms with Gasteiger partial charge < -0.3 is 10.6 Å². The molecule has 0 aromatic carbocycles. The SMILES string of the molecule is Cc1ccc(C(N)C2(N(C)C)CCC(C)CC2)s1. The van der Waals surface area contributed by atoms with E-state index >= 15 is 0 Å². The summed E-state index contributed by atoms with van der Waals surface area (Å²) in [5.41, 5.74) is 6.79. The molecule has 0 bridgehead atoms. The van der Waals surface area contributed by atoms with Gasteiger partial charge in [0.2, 0.25) is 0 Å². The van der Waals surface area contributed by atoms with Crippen LogP contribution in [0.3, 0.4) is 0 Å². The van der Waals surface area contributed by atoms with Crippen molar-refractivity contribution in [2.45, 2.75) is 51.1 Å². The van der Waals surface area contributed by atoms with E-state index in [1.807, 2.05) is 11.3 Å². The van der Waals surface area contributed by atoms with Crippen LogP contribution in [-0.2, 0) is 0 Å². The molecule has 2 rings (SSSR count). The second-order valence-electron chi connectivity index (χ2n) is 6.11. The lowest BCUT2D eigenvalue weighted by Gasteiger charge is -2.48. The van der Waals surface area contributed by atoms with Crippen LogP contribution in [0, 0.1) is 12.8 Å². The molecule has 102 valence electrons. The number of hydrogen-bond acceptors (Lipinski definition) is 3.